The van der Waals surface area contributed by atoms with Gasteiger partial charge in [-0.25, -0.2) is 4.79 Å². The Kier molecular flexibility index (Phi) is 5.98. The summed E-state index contributed by atoms with van der Waals surface area (Å²) in [5.41, 5.74) is 0.471. The maximum absolute atomic E-state index is 12.0. The summed E-state index contributed by atoms with van der Waals surface area (Å²) in [5.74, 6) is 0. The number of hydrogen-bond donors (Lipinski definition) is 2. The van der Waals surface area contributed by atoms with E-state index in [0.29, 0.717) is 5.02 Å². The number of benzene rings is 1. The average molecular weight is 404 g/mol. The zero-order chi connectivity index (χ0) is 17.1. The van der Waals surface area contributed by atoms with Crippen molar-refractivity contribution in [1.82, 2.24) is 10.6 Å². The van der Waals surface area contributed by atoms with E-state index in [1.54, 1.807) is 0 Å². The lowest BCUT2D eigenvalue weighted by atomic mass is 9.76. The van der Waals surface area contributed by atoms with E-state index in [1.165, 1.54) is 0 Å². The fourth-order valence-electron chi connectivity index (χ4n) is 2.57. The van der Waals surface area contributed by atoms with E-state index in [0.717, 1.165) is 42.4 Å². The first kappa shape index (κ1) is 18.6. The lowest BCUT2D eigenvalue weighted by molar-refractivity contribution is 0.0382. The van der Waals surface area contributed by atoms with Gasteiger partial charge in [-0.3, -0.25) is 0 Å². The zero-order valence-electron chi connectivity index (χ0n) is 13.8. The molecule has 1 saturated carbocycles. The Bertz CT molecular complexity index is 568. The first-order valence-electron chi connectivity index (χ1n) is 7.85. The molecule has 0 heterocycles. The molecule has 128 valence electrons. The molecule has 2 N–H and O–H groups in total. The molecular weight excluding hydrogens is 380 g/mol. The van der Waals surface area contributed by atoms with Crippen LogP contribution in [-0.2, 0) is 11.3 Å². The van der Waals surface area contributed by atoms with Gasteiger partial charge < -0.3 is 15.4 Å². The summed E-state index contributed by atoms with van der Waals surface area (Å²) >= 11 is 9.47. The molecule has 0 aromatic heterocycles. The van der Waals surface area contributed by atoms with Crippen molar-refractivity contribution in [3.63, 3.8) is 0 Å². The van der Waals surface area contributed by atoms with Crippen LogP contribution >= 0.6 is 27.5 Å². The van der Waals surface area contributed by atoms with Gasteiger partial charge in [0.1, 0.15) is 5.60 Å². The Morgan fingerprint density at radius 1 is 1.39 bits per heavy atom. The molecule has 2 rings (SSSR count). The van der Waals surface area contributed by atoms with Crippen LogP contribution in [0.4, 0.5) is 4.79 Å². The van der Waals surface area contributed by atoms with E-state index in [-0.39, 0.29) is 11.6 Å². The summed E-state index contributed by atoms with van der Waals surface area (Å²) in [7, 11) is 0. The third-order valence-electron chi connectivity index (χ3n) is 3.87. The first-order valence-corrected chi connectivity index (χ1v) is 9.02. The quantitative estimate of drug-likeness (QED) is 0.753. The van der Waals surface area contributed by atoms with Gasteiger partial charge in [-0.1, -0.05) is 33.6 Å². The van der Waals surface area contributed by atoms with Gasteiger partial charge in [-0.05, 0) is 57.7 Å². The number of hydrogen-bond acceptors (Lipinski definition) is 3. The van der Waals surface area contributed by atoms with Crippen LogP contribution in [0, 0.1) is 0 Å². The van der Waals surface area contributed by atoms with Crippen molar-refractivity contribution < 1.29 is 9.53 Å². The molecular formula is C17H24BrClN2O2. The monoisotopic (exact) mass is 402 g/mol. The highest BCUT2D eigenvalue weighted by molar-refractivity contribution is 9.10. The molecule has 1 aliphatic rings. The number of amides is 1. The summed E-state index contributed by atoms with van der Waals surface area (Å²) < 4.78 is 6.35. The summed E-state index contributed by atoms with van der Waals surface area (Å²) in [5, 5.41) is 7.18. The zero-order valence-corrected chi connectivity index (χ0v) is 16.2. The highest BCUT2D eigenvalue weighted by atomic mass is 79.9. The standard InChI is InChI=1S/C17H24BrClN2O2/c1-16(2,3)23-15(22)21-17(7-4-8-17)11-20-10-12-5-6-13(19)9-14(12)18/h5-6,9,20H,4,7-8,10-11H2,1-3H3,(H,21,22). The molecule has 0 atom stereocenters. The number of nitrogens with one attached hydrogen (secondary N) is 2. The highest BCUT2D eigenvalue weighted by Crippen LogP contribution is 2.32. The number of carbonyl (C=O) groups excluding carboxylic acids is 1. The van der Waals surface area contributed by atoms with Crippen LogP contribution in [0.2, 0.25) is 5.02 Å². The molecule has 1 amide bonds. The van der Waals surface area contributed by atoms with Crippen molar-refractivity contribution >= 4 is 33.6 Å². The van der Waals surface area contributed by atoms with Crippen molar-refractivity contribution in [2.45, 2.75) is 57.7 Å². The second kappa shape index (κ2) is 7.41. The minimum absolute atomic E-state index is 0.193. The maximum Gasteiger partial charge on any atom is 0.408 e. The van der Waals surface area contributed by atoms with Gasteiger partial charge >= 0.3 is 6.09 Å². The molecule has 23 heavy (non-hydrogen) atoms. The van der Waals surface area contributed by atoms with Gasteiger partial charge in [0, 0.05) is 22.6 Å². The predicted molar refractivity (Wildman–Crippen MR) is 96.8 cm³/mol. The summed E-state index contributed by atoms with van der Waals surface area (Å²) in [6, 6.07) is 5.76. The molecule has 1 aromatic carbocycles. The number of halogens is 2. The van der Waals surface area contributed by atoms with E-state index in [2.05, 4.69) is 26.6 Å². The predicted octanol–water partition coefficient (Wildman–Crippen LogP) is 4.64. The molecule has 0 unspecified atom stereocenters. The van der Waals surface area contributed by atoms with Gasteiger partial charge in [-0.2, -0.15) is 0 Å². The summed E-state index contributed by atoms with van der Waals surface area (Å²) in [6.45, 7) is 7.06. The topological polar surface area (TPSA) is 50.4 Å². The third-order valence-corrected chi connectivity index (χ3v) is 4.84. The third kappa shape index (κ3) is 5.66. The van der Waals surface area contributed by atoms with Gasteiger partial charge in [0.15, 0.2) is 0 Å². The van der Waals surface area contributed by atoms with Crippen molar-refractivity contribution in [1.29, 1.82) is 0 Å². The highest BCUT2D eigenvalue weighted by Gasteiger charge is 2.39. The van der Waals surface area contributed by atoms with Crippen LogP contribution < -0.4 is 10.6 Å². The normalized spacial score (nSPS) is 16.6. The largest absolute Gasteiger partial charge is 0.444 e. The SMILES string of the molecule is CC(C)(C)OC(=O)NC1(CNCc2ccc(Cl)cc2Br)CCC1. The molecule has 0 radical (unpaired) electrons. The number of rotatable bonds is 5. The Morgan fingerprint density at radius 3 is 2.61 bits per heavy atom. The number of ether oxygens (including phenoxy) is 1. The molecule has 0 spiro atoms. The van der Waals surface area contributed by atoms with Crippen LogP contribution in [0.25, 0.3) is 0 Å². The average Bonchev–Trinajstić information content (AvgIpc) is 2.36. The minimum atomic E-state index is -0.476. The van der Waals surface area contributed by atoms with E-state index < -0.39 is 5.60 Å². The van der Waals surface area contributed by atoms with Gasteiger partial charge in [0.25, 0.3) is 0 Å². The summed E-state index contributed by atoms with van der Waals surface area (Å²) in [6.07, 6.45) is 2.73. The Labute approximate surface area is 151 Å². The van der Waals surface area contributed by atoms with Crippen molar-refractivity contribution in [3.05, 3.63) is 33.3 Å². The first-order chi connectivity index (χ1) is 10.7. The Morgan fingerprint density at radius 2 is 2.09 bits per heavy atom. The second-order valence-electron chi connectivity index (χ2n) is 7.10. The molecule has 0 saturated heterocycles. The Hall–Kier alpha value is -0.780. The Balaban J connectivity index is 1.86. The second-order valence-corrected chi connectivity index (χ2v) is 8.39. The molecule has 1 aliphatic carbocycles. The van der Waals surface area contributed by atoms with Crippen molar-refractivity contribution in [2.75, 3.05) is 6.54 Å². The van der Waals surface area contributed by atoms with E-state index in [4.69, 9.17) is 16.3 Å². The van der Waals surface area contributed by atoms with Gasteiger partial charge in [-0.15, -0.1) is 0 Å². The van der Waals surface area contributed by atoms with E-state index >= 15 is 0 Å². The molecule has 0 aliphatic heterocycles. The van der Waals surface area contributed by atoms with Crippen molar-refractivity contribution in [2.24, 2.45) is 0 Å². The lowest BCUT2D eigenvalue weighted by Gasteiger charge is -2.42. The minimum Gasteiger partial charge on any atom is -0.444 e. The maximum atomic E-state index is 12.0. The smallest absolute Gasteiger partial charge is 0.408 e. The van der Waals surface area contributed by atoms with E-state index in [1.807, 2.05) is 39.0 Å². The van der Waals surface area contributed by atoms with Crippen LogP contribution in [0.1, 0.15) is 45.6 Å². The lowest BCUT2D eigenvalue weighted by Crippen LogP contribution is -2.59. The molecule has 4 nitrogen and oxygen atoms in total. The number of carbonyl (C=O) groups is 1. The van der Waals surface area contributed by atoms with Gasteiger partial charge in [0.2, 0.25) is 0 Å². The summed E-state index contributed by atoms with van der Waals surface area (Å²) in [4.78, 5) is 12.0. The fraction of sp³-hybridized carbons (Fsp3) is 0.588. The molecule has 1 aromatic rings. The number of alkyl carbamates (subject to hydrolysis) is 1. The van der Waals surface area contributed by atoms with Crippen LogP contribution in [0.3, 0.4) is 0 Å². The molecule has 6 heteroatoms. The molecule has 1 fully saturated rings. The van der Waals surface area contributed by atoms with Crippen LogP contribution in [0.5, 0.6) is 0 Å². The van der Waals surface area contributed by atoms with Crippen LogP contribution in [0.15, 0.2) is 22.7 Å². The fourth-order valence-corrected chi connectivity index (χ4v) is 3.39. The molecule has 0 bridgehead atoms. The van der Waals surface area contributed by atoms with E-state index in [9.17, 15) is 4.79 Å². The van der Waals surface area contributed by atoms with Crippen LogP contribution in [-0.4, -0.2) is 23.8 Å². The van der Waals surface area contributed by atoms with Gasteiger partial charge in [0.05, 0.1) is 5.54 Å². The van der Waals surface area contributed by atoms with Crippen molar-refractivity contribution in [3.8, 4) is 0 Å².